The van der Waals surface area contributed by atoms with Crippen LogP contribution in [0.1, 0.15) is 22.6 Å². The summed E-state index contributed by atoms with van der Waals surface area (Å²) in [6, 6.07) is 13.8. The van der Waals surface area contributed by atoms with Gasteiger partial charge in [0.2, 0.25) is 11.8 Å². The lowest BCUT2D eigenvalue weighted by Crippen LogP contribution is -2.15. The Bertz CT molecular complexity index is 1130. The van der Waals surface area contributed by atoms with Gasteiger partial charge in [0.25, 0.3) is 0 Å². The molecule has 0 saturated carbocycles. The topological polar surface area (TPSA) is 68.0 Å². The first-order chi connectivity index (χ1) is 13.0. The molecule has 0 saturated heterocycles. The minimum absolute atomic E-state index is 0.149. The molecule has 0 aliphatic heterocycles. The van der Waals surface area contributed by atoms with E-state index in [1.807, 2.05) is 44.2 Å². The molecular weight excluding hydrogens is 358 g/mol. The number of hydrogen-bond donors (Lipinski definition) is 1. The van der Waals surface area contributed by atoms with Gasteiger partial charge in [-0.2, -0.15) is 0 Å². The van der Waals surface area contributed by atoms with Crippen molar-refractivity contribution in [2.75, 3.05) is 5.32 Å². The number of nitrogens with zero attached hydrogens (tertiary/aromatic N) is 2. The van der Waals surface area contributed by atoms with Gasteiger partial charge in [0.05, 0.1) is 22.3 Å². The van der Waals surface area contributed by atoms with Gasteiger partial charge in [0, 0.05) is 5.56 Å². The van der Waals surface area contributed by atoms with Crippen molar-refractivity contribution < 1.29 is 9.21 Å². The van der Waals surface area contributed by atoms with Gasteiger partial charge in [-0.25, -0.2) is 9.97 Å². The van der Waals surface area contributed by atoms with E-state index in [1.54, 1.807) is 0 Å². The van der Waals surface area contributed by atoms with Crippen molar-refractivity contribution in [3.8, 4) is 11.5 Å². The molecule has 0 aliphatic carbocycles. The number of amides is 1. The molecule has 27 heavy (non-hydrogen) atoms. The number of benzene rings is 2. The van der Waals surface area contributed by atoms with Crippen molar-refractivity contribution in [3.63, 3.8) is 0 Å². The summed E-state index contributed by atoms with van der Waals surface area (Å²) in [7, 11) is 0. The van der Waals surface area contributed by atoms with Crippen LogP contribution in [0.2, 0.25) is 0 Å². The van der Waals surface area contributed by atoms with Gasteiger partial charge < -0.3 is 9.73 Å². The monoisotopic (exact) mass is 377 g/mol. The fraction of sp³-hybridized carbons (Fsp3) is 0.190. The highest BCUT2D eigenvalue weighted by Gasteiger charge is 2.16. The standard InChI is InChI=1S/C21H19N3O2S/c1-12-9-13(2)19-17(10-12)27-21(24-19)23-18(25)11-16-14(3)26-20(22-16)15-7-5-4-6-8-15/h4-10H,11H2,1-3H3,(H,23,24,25). The lowest BCUT2D eigenvalue weighted by molar-refractivity contribution is -0.115. The van der Waals surface area contributed by atoms with E-state index in [-0.39, 0.29) is 12.3 Å². The number of rotatable bonds is 4. The number of thiazole rings is 1. The molecule has 0 fully saturated rings. The third kappa shape index (κ3) is 3.61. The van der Waals surface area contributed by atoms with E-state index in [4.69, 9.17) is 4.42 Å². The number of hydrogen-bond acceptors (Lipinski definition) is 5. The van der Waals surface area contributed by atoms with Crippen LogP contribution >= 0.6 is 11.3 Å². The molecule has 0 spiro atoms. The van der Waals surface area contributed by atoms with Crippen molar-refractivity contribution >= 4 is 32.6 Å². The number of fused-ring (bicyclic) bond motifs is 1. The van der Waals surface area contributed by atoms with Crippen LogP contribution in [0.5, 0.6) is 0 Å². The Morgan fingerprint density at radius 2 is 1.89 bits per heavy atom. The fourth-order valence-corrected chi connectivity index (χ4v) is 4.09. The number of carbonyl (C=O) groups excluding carboxylic acids is 1. The van der Waals surface area contributed by atoms with Crippen LogP contribution in [0.25, 0.3) is 21.7 Å². The van der Waals surface area contributed by atoms with Crippen LogP contribution in [0.4, 0.5) is 5.13 Å². The van der Waals surface area contributed by atoms with Crippen molar-refractivity contribution in [2.24, 2.45) is 0 Å². The lowest BCUT2D eigenvalue weighted by Gasteiger charge is -1.99. The first-order valence-electron chi connectivity index (χ1n) is 8.69. The van der Waals surface area contributed by atoms with Gasteiger partial charge in [0.1, 0.15) is 5.76 Å². The molecule has 136 valence electrons. The molecule has 1 N–H and O–H groups in total. The Labute approximate surface area is 161 Å². The molecule has 0 bridgehead atoms. The molecule has 2 heterocycles. The van der Waals surface area contributed by atoms with Crippen LogP contribution in [0.3, 0.4) is 0 Å². The molecular formula is C21H19N3O2S. The zero-order valence-corrected chi connectivity index (χ0v) is 16.2. The van der Waals surface area contributed by atoms with E-state index >= 15 is 0 Å². The third-order valence-corrected chi connectivity index (χ3v) is 5.24. The number of carbonyl (C=O) groups is 1. The molecule has 0 atom stereocenters. The van der Waals surface area contributed by atoms with Crippen molar-refractivity contribution in [1.29, 1.82) is 0 Å². The molecule has 0 radical (unpaired) electrons. The highest BCUT2D eigenvalue weighted by atomic mass is 32.1. The molecule has 2 aromatic heterocycles. The second-order valence-electron chi connectivity index (χ2n) is 6.56. The van der Waals surface area contributed by atoms with E-state index in [2.05, 4.69) is 34.3 Å². The van der Waals surface area contributed by atoms with Gasteiger partial charge in [0.15, 0.2) is 5.13 Å². The summed E-state index contributed by atoms with van der Waals surface area (Å²) in [5, 5.41) is 3.49. The fourth-order valence-electron chi connectivity index (χ4n) is 3.04. The van der Waals surface area contributed by atoms with Crippen LogP contribution in [0, 0.1) is 20.8 Å². The average Bonchev–Trinajstić information content (AvgIpc) is 3.19. The van der Waals surface area contributed by atoms with Crippen molar-refractivity contribution in [2.45, 2.75) is 27.2 Å². The molecule has 6 heteroatoms. The van der Waals surface area contributed by atoms with E-state index in [0.29, 0.717) is 22.5 Å². The highest BCUT2D eigenvalue weighted by molar-refractivity contribution is 7.22. The van der Waals surface area contributed by atoms with E-state index in [1.165, 1.54) is 16.9 Å². The summed E-state index contributed by atoms with van der Waals surface area (Å²) in [4.78, 5) is 21.5. The predicted molar refractivity (Wildman–Crippen MR) is 108 cm³/mol. The van der Waals surface area contributed by atoms with E-state index in [0.717, 1.165) is 21.3 Å². The van der Waals surface area contributed by atoms with Crippen molar-refractivity contribution in [3.05, 3.63) is 65.0 Å². The number of aromatic nitrogens is 2. The zero-order chi connectivity index (χ0) is 19.0. The van der Waals surface area contributed by atoms with Gasteiger partial charge in [-0.3, -0.25) is 4.79 Å². The van der Waals surface area contributed by atoms with Gasteiger partial charge in [-0.15, -0.1) is 0 Å². The van der Waals surface area contributed by atoms with Crippen LogP contribution in [-0.4, -0.2) is 15.9 Å². The highest BCUT2D eigenvalue weighted by Crippen LogP contribution is 2.29. The smallest absolute Gasteiger partial charge is 0.232 e. The van der Waals surface area contributed by atoms with Gasteiger partial charge in [-0.05, 0) is 50.1 Å². The van der Waals surface area contributed by atoms with Crippen LogP contribution in [-0.2, 0) is 11.2 Å². The lowest BCUT2D eigenvalue weighted by atomic mass is 10.1. The van der Waals surface area contributed by atoms with Gasteiger partial charge >= 0.3 is 0 Å². The Hall–Kier alpha value is -2.99. The summed E-state index contributed by atoms with van der Waals surface area (Å²) in [6.45, 7) is 5.92. The molecule has 1 amide bonds. The zero-order valence-electron chi connectivity index (χ0n) is 15.4. The second-order valence-corrected chi connectivity index (χ2v) is 7.59. The number of anilines is 1. The second kappa shape index (κ2) is 6.96. The average molecular weight is 377 g/mol. The summed E-state index contributed by atoms with van der Waals surface area (Å²) in [5.41, 5.74) is 4.77. The maximum atomic E-state index is 12.5. The first-order valence-corrected chi connectivity index (χ1v) is 9.50. The van der Waals surface area contributed by atoms with E-state index in [9.17, 15) is 4.79 Å². The number of oxazole rings is 1. The summed E-state index contributed by atoms with van der Waals surface area (Å²) >= 11 is 1.48. The summed E-state index contributed by atoms with van der Waals surface area (Å²) in [6.07, 6.45) is 0.149. The predicted octanol–water partition coefficient (Wildman–Crippen LogP) is 5.06. The third-order valence-electron chi connectivity index (χ3n) is 4.32. The number of aryl methyl sites for hydroxylation is 3. The maximum absolute atomic E-state index is 12.5. The molecule has 2 aromatic carbocycles. The summed E-state index contributed by atoms with van der Waals surface area (Å²) in [5.74, 6) is 1.03. The largest absolute Gasteiger partial charge is 0.441 e. The SMILES string of the molecule is Cc1cc(C)c2nc(NC(=O)Cc3nc(-c4ccccc4)oc3C)sc2c1. The molecule has 0 aliphatic rings. The Kier molecular flexibility index (Phi) is 4.49. The van der Waals surface area contributed by atoms with Crippen LogP contribution in [0.15, 0.2) is 46.9 Å². The Morgan fingerprint density at radius 1 is 1.11 bits per heavy atom. The van der Waals surface area contributed by atoms with Crippen LogP contribution < -0.4 is 5.32 Å². The van der Waals surface area contributed by atoms with Crippen molar-refractivity contribution in [1.82, 2.24) is 9.97 Å². The first kappa shape index (κ1) is 17.4. The minimum atomic E-state index is -0.153. The molecule has 0 unspecified atom stereocenters. The molecule has 4 aromatic rings. The van der Waals surface area contributed by atoms with Gasteiger partial charge in [-0.1, -0.05) is 35.6 Å². The normalized spacial score (nSPS) is 11.1. The summed E-state index contributed by atoms with van der Waals surface area (Å²) < 4.78 is 6.80. The number of nitrogens with one attached hydrogen (secondary N) is 1. The quantitative estimate of drug-likeness (QED) is 0.540. The maximum Gasteiger partial charge on any atom is 0.232 e. The Balaban J connectivity index is 1.52. The minimum Gasteiger partial charge on any atom is -0.441 e. The van der Waals surface area contributed by atoms with E-state index < -0.39 is 0 Å². The molecule has 5 nitrogen and oxygen atoms in total. The Morgan fingerprint density at radius 3 is 2.67 bits per heavy atom. The molecule has 4 rings (SSSR count).